The summed E-state index contributed by atoms with van der Waals surface area (Å²) in [7, 11) is 3.66. The lowest BCUT2D eigenvalue weighted by molar-refractivity contribution is -0.130. The minimum absolute atomic E-state index is 0.213. The van der Waals surface area contributed by atoms with E-state index in [-0.39, 0.29) is 5.91 Å². The van der Waals surface area contributed by atoms with Crippen LogP contribution in [0.15, 0.2) is 0 Å². The van der Waals surface area contributed by atoms with E-state index >= 15 is 0 Å². The Labute approximate surface area is 105 Å². The van der Waals surface area contributed by atoms with Gasteiger partial charge in [-0.2, -0.15) is 0 Å². The fraction of sp³-hybridized carbons (Fsp3) is 0.923. The minimum atomic E-state index is 0.213. The zero-order valence-corrected chi connectivity index (χ0v) is 11.7. The van der Waals surface area contributed by atoms with Gasteiger partial charge in [0.2, 0.25) is 5.91 Å². The van der Waals surface area contributed by atoms with Crippen molar-refractivity contribution in [3.8, 4) is 0 Å². The molecule has 17 heavy (non-hydrogen) atoms. The largest absolute Gasteiger partial charge is 0.348 e. The van der Waals surface area contributed by atoms with Crippen LogP contribution >= 0.6 is 0 Å². The molecule has 0 aromatic rings. The maximum absolute atomic E-state index is 11.8. The highest BCUT2D eigenvalue weighted by Crippen LogP contribution is 2.16. The van der Waals surface area contributed by atoms with Crippen LogP contribution in [0.25, 0.3) is 0 Å². The van der Waals surface area contributed by atoms with Crippen LogP contribution in [0.2, 0.25) is 0 Å². The van der Waals surface area contributed by atoms with Crippen molar-refractivity contribution in [2.24, 2.45) is 0 Å². The zero-order valence-electron chi connectivity index (χ0n) is 11.7. The van der Waals surface area contributed by atoms with Gasteiger partial charge in [-0.25, -0.2) is 0 Å². The highest BCUT2D eigenvalue weighted by atomic mass is 16.2. The molecule has 4 heteroatoms. The molecule has 0 aromatic heterocycles. The molecule has 1 amide bonds. The Hall–Kier alpha value is -0.610. The molecule has 1 N–H and O–H groups in total. The third-order valence-corrected chi connectivity index (χ3v) is 3.46. The molecular formula is C13H27N3O. The summed E-state index contributed by atoms with van der Waals surface area (Å²) < 4.78 is 0. The topological polar surface area (TPSA) is 35.6 Å². The first-order valence-electron chi connectivity index (χ1n) is 6.72. The zero-order chi connectivity index (χ0) is 12.8. The van der Waals surface area contributed by atoms with E-state index in [1.165, 1.54) is 0 Å². The van der Waals surface area contributed by atoms with Crippen LogP contribution in [0.5, 0.6) is 0 Å². The first kappa shape index (κ1) is 14.5. The van der Waals surface area contributed by atoms with Gasteiger partial charge >= 0.3 is 0 Å². The summed E-state index contributed by atoms with van der Waals surface area (Å²) in [4.78, 5) is 15.9. The van der Waals surface area contributed by atoms with E-state index in [4.69, 9.17) is 0 Å². The van der Waals surface area contributed by atoms with Crippen molar-refractivity contribution in [2.75, 3.05) is 33.7 Å². The molecule has 1 saturated heterocycles. The van der Waals surface area contributed by atoms with E-state index in [1.807, 2.05) is 14.1 Å². The van der Waals surface area contributed by atoms with Crippen molar-refractivity contribution < 1.29 is 4.79 Å². The number of likely N-dealkylation sites (N-methyl/N-ethyl adjacent to an activating group) is 1. The van der Waals surface area contributed by atoms with Crippen LogP contribution < -0.4 is 5.32 Å². The number of nitrogens with zero attached hydrogens (tertiary/aromatic N) is 2. The van der Waals surface area contributed by atoms with E-state index in [1.54, 1.807) is 4.90 Å². The summed E-state index contributed by atoms with van der Waals surface area (Å²) in [6.07, 6.45) is 3.42. The van der Waals surface area contributed by atoms with Crippen LogP contribution in [-0.2, 0) is 4.79 Å². The van der Waals surface area contributed by atoms with Gasteiger partial charge in [0.15, 0.2) is 0 Å². The molecule has 0 aliphatic carbocycles. The molecule has 2 atom stereocenters. The summed E-state index contributed by atoms with van der Waals surface area (Å²) in [6, 6.07) is 1.14. The van der Waals surface area contributed by atoms with Crippen molar-refractivity contribution in [3.63, 3.8) is 0 Å². The summed E-state index contributed by atoms with van der Waals surface area (Å²) in [5, 5.41) is 3.46. The van der Waals surface area contributed by atoms with Crippen LogP contribution in [0.3, 0.4) is 0 Å². The smallest absolute Gasteiger partial charge is 0.236 e. The van der Waals surface area contributed by atoms with E-state index in [0.29, 0.717) is 18.6 Å². The molecule has 4 nitrogen and oxygen atoms in total. The van der Waals surface area contributed by atoms with E-state index in [0.717, 1.165) is 32.4 Å². The number of piperidine rings is 1. The molecule has 1 aliphatic heterocycles. The molecule has 0 bridgehead atoms. The molecule has 0 spiro atoms. The Morgan fingerprint density at radius 2 is 2.12 bits per heavy atom. The SMILES string of the molecule is CCCN(CC(=O)N(C)C)C1CCNC(C)C1. The van der Waals surface area contributed by atoms with Gasteiger partial charge < -0.3 is 10.2 Å². The highest BCUT2D eigenvalue weighted by Gasteiger charge is 2.25. The molecule has 2 unspecified atom stereocenters. The Morgan fingerprint density at radius 1 is 1.41 bits per heavy atom. The van der Waals surface area contributed by atoms with Gasteiger partial charge in [0.25, 0.3) is 0 Å². The number of hydrogen-bond acceptors (Lipinski definition) is 3. The average molecular weight is 241 g/mol. The van der Waals surface area contributed by atoms with Gasteiger partial charge in [-0.15, -0.1) is 0 Å². The maximum atomic E-state index is 11.8. The summed E-state index contributed by atoms with van der Waals surface area (Å²) in [6.45, 7) is 7.07. The van der Waals surface area contributed by atoms with Gasteiger partial charge in [-0.3, -0.25) is 9.69 Å². The highest BCUT2D eigenvalue weighted by molar-refractivity contribution is 5.77. The Morgan fingerprint density at radius 3 is 2.65 bits per heavy atom. The molecule has 1 fully saturated rings. The summed E-state index contributed by atoms with van der Waals surface area (Å²) in [5.74, 6) is 0.213. The molecule has 100 valence electrons. The molecule has 1 aliphatic rings. The number of nitrogens with one attached hydrogen (secondary N) is 1. The molecule has 1 rings (SSSR count). The lowest BCUT2D eigenvalue weighted by atomic mass is 9.98. The van der Waals surface area contributed by atoms with Crippen molar-refractivity contribution >= 4 is 5.91 Å². The fourth-order valence-electron chi connectivity index (χ4n) is 2.43. The van der Waals surface area contributed by atoms with Gasteiger partial charge in [0.1, 0.15) is 0 Å². The van der Waals surface area contributed by atoms with Gasteiger partial charge in [-0.1, -0.05) is 6.92 Å². The van der Waals surface area contributed by atoms with E-state index in [9.17, 15) is 4.79 Å². The maximum Gasteiger partial charge on any atom is 0.236 e. The van der Waals surface area contributed by atoms with Gasteiger partial charge in [0.05, 0.1) is 6.54 Å². The van der Waals surface area contributed by atoms with Crippen LogP contribution in [0.4, 0.5) is 0 Å². The molecule has 0 radical (unpaired) electrons. The van der Waals surface area contributed by atoms with E-state index in [2.05, 4.69) is 24.1 Å². The lowest BCUT2D eigenvalue weighted by Gasteiger charge is -2.37. The van der Waals surface area contributed by atoms with Gasteiger partial charge in [-0.05, 0) is 39.3 Å². The Bertz CT molecular complexity index is 243. The number of hydrogen-bond donors (Lipinski definition) is 1. The lowest BCUT2D eigenvalue weighted by Crippen LogP contribution is -2.49. The summed E-state index contributed by atoms with van der Waals surface area (Å²) in [5.41, 5.74) is 0. The second-order valence-corrected chi connectivity index (χ2v) is 5.29. The fourth-order valence-corrected chi connectivity index (χ4v) is 2.43. The van der Waals surface area contributed by atoms with Crippen LogP contribution in [-0.4, -0.2) is 61.5 Å². The standard InChI is InChI=1S/C13H27N3O/c1-5-8-16(10-13(17)15(3)4)12-6-7-14-11(2)9-12/h11-12,14H,5-10H2,1-4H3. The summed E-state index contributed by atoms with van der Waals surface area (Å²) >= 11 is 0. The van der Waals surface area contributed by atoms with Crippen molar-refractivity contribution in [3.05, 3.63) is 0 Å². The minimum Gasteiger partial charge on any atom is -0.348 e. The molecule has 0 aromatic carbocycles. The van der Waals surface area contributed by atoms with Crippen molar-refractivity contribution in [1.29, 1.82) is 0 Å². The molecule has 0 saturated carbocycles. The van der Waals surface area contributed by atoms with Crippen molar-refractivity contribution in [1.82, 2.24) is 15.1 Å². The van der Waals surface area contributed by atoms with Gasteiger partial charge in [0, 0.05) is 26.2 Å². The first-order valence-corrected chi connectivity index (χ1v) is 6.72. The second-order valence-electron chi connectivity index (χ2n) is 5.29. The number of carbonyl (C=O) groups is 1. The quantitative estimate of drug-likeness (QED) is 0.778. The first-order chi connectivity index (χ1) is 8.04. The molecule has 1 heterocycles. The number of carbonyl (C=O) groups excluding carboxylic acids is 1. The molecular weight excluding hydrogens is 214 g/mol. The predicted octanol–water partition coefficient (Wildman–Crippen LogP) is 0.927. The second kappa shape index (κ2) is 6.97. The number of rotatable bonds is 5. The Kier molecular flexibility index (Phi) is 5.92. The van der Waals surface area contributed by atoms with Crippen LogP contribution in [0.1, 0.15) is 33.1 Å². The predicted molar refractivity (Wildman–Crippen MR) is 71.0 cm³/mol. The monoisotopic (exact) mass is 241 g/mol. The van der Waals surface area contributed by atoms with E-state index < -0.39 is 0 Å². The average Bonchev–Trinajstić information content (AvgIpc) is 2.28. The van der Waals surface area contributed by atoms with Crippen LogP contribution in [0, 0.1) is 0 Å². The third kappa shape index (κ3) is 4.64. The van der Waals surface area contributed by atoms with Crippen molar-refractivity contribution in [2.45, 2.75) is 45.2 Å². The third-order valence-electron chi connectivity index (χ3n) is 3.46. The number of amides is 1. The normalized spacial score (nSPS) is 25.0. The Balaban J connectivity index is 2.54.